The predicted molar refractivity (Wildman–Crippen MR) is 105 cm³/mol. The van der Waals surface area contributed by atoms with Gasteiger partial charge in [-0.15, -0.1) is 0 Å². The minimum atomic E-state index is -0.395. The molecule has 0 aliphatic heterocycles. The van der Waals surface area contributed by atoms with Crippen molar-refractivity contribution in [3.8, 4) is 6.07 Å². The van der Waals surface area contributed by atoms with Crippen LogP contribution >= 0.6 is 0 Å². The Hall–Kier alpha value is -4.24. The summed E-state index contributed by atoms with van der Waals surface area (Å²) in [6.07, 6.45) is 0. The van der Waals surface area contributed by atoms with Gasteiger partial charge in [0.2, 0.25) is 0 Å². The molecule has 0 fully saturated rings. The molecule has 3 aromatic carbocycles. The van der Waals surface area contributed by atoms with Crippen LogP contribution in [0.3, 0.4) is 0 Å². The van der Waals surface area contributed by atoms with Gasteiger partial charge in [-0.25, -0.2) is 0 Å². The second kappa shape index (κ2) is 7.17. The zero-order valence-electron chi connectivity index (χ0n) is 14.7. The molecule has 28 heavy (non-hydrogen) atoms. The lowest BCUT2D eigenvalue weighted by molar-refractivity contribution is 0.0949. The van der Waals surface area contributed by atoms with Crippen LogP contribution in [0.15, 0.2) is 78.9 Å². The first kappa shape index (κ1) is 17.2. The Labute approximate surface area is 160 Å². The van der Waals surface area contributed by atoms with E-state index in [9.17, 15) is 9.59 Å². The maximum atomic E-state index is 12.9. The molecule has 0 bridgehead atoms. The molecule has 0 saturated heterocycles. The van der Waals surface area contributed by atoms with Gasteiger partial charge in [0.15, 0.2) is 5.69 Å². The van der Waals surface area contributed by atoms with Gasteiger partial charge in [-0.3, -0.25) is 9.59 Å². The summed E-state index contributed by atoms with van der Waals surface area (Å²) in [5, 5.41) is 16.6. The van der Waals surface area contributed by atoms with Gasteiger partial charge in [0.25, 0.3) is 11.8 Å². The summed E-state index contributed by atoms with van der Waals surface area (Å²) in [6, 6.07) is 24.4. The molecule has 0 atom stereocenters. The summed E-state index contributed by atoms with van der Waals surface area (Å²) in [6.45, 7) is 0. The number of aromatic nitrogens is 2. The molecule has 1 heterocycles. The molecule has 0 saturated carbocycles. The van der Waals surface area contributed by atoms with Gasteiger partial charge in [-0.1, -0.05) is 36.4 Å². The number of amides is 1. The monoisotopic (exact) mass is 366 g/mol. The van der Waals surface area contributed by atoms with Crippen LogP contribution in [0.2, 0.25) is 0 Å². The van der Waals surface area contributed by atoms with E-state index >= 15 is 0 Å². The third-order valence-electron chi connectivity index (χ3n) is 4.29. The van der Waals surface area contributed by atoms with Gasteiger partial charge in [0.1, 0.15) is 0 Å². The first-order valence-corrected chi connectivity index (χ1v) is 8.56. The summed E-state index contributed by atoms with van der Waals surface area (Å²) in [5.74, 6) is -0.770. The van der Waals surface area contributed by atoms with Crippen LogP contribution < -0.4 is 5.32 Å². The molecule has 4 rings (SSSR count). The summed E-state index contributed by atoms with van der Waals surface area (Å²) in [7, 11) is 0. The number of nitriles is 1. The van der Waals surface area contributed by atoms with E-state index in [1.54, 1.807) is 60.7 Å². The summed E-state index contributed by atoms with van der Waals surface area (Å²) < 4.78 is 1.22. The normalized spacial score (nSPS) is 10.4. The summed E-state index contributed by atoms with van der Waals surface area (Å²) in [4.78, 5) is 25.7. The Bertz CT molecular complexity index is 1220. The minimum absolute atomic E-state index is 0.168. The molecule has 0 radical (unpaired) electrons. The zero-order chi connectivity index (χ0) is 19.5. The molecule has 1 N–H and O–H groups in total. The number of rotatable bonds is 3. The Balaban J connectivity index is 1.75. The molecule has 0 aliphatic carbocycles. The number of hydrogen-bond acceptors (Lipinski definition) is 4. The third-order valence-corrected chi connectivity index (χ3v) is 4.29. The first-order valence-electron chi connectivity index (χ1n) is 8.56. The van der Waals surface area contributed by atoms with Gasteiger partial charge in [-0.2, -0.15) is 15.0 Å². The fourth-order valence-electron chi connectivity index (χ4n) is 2.91. The Morgan fingerprint density at radius 1 is 0.893 bits per heavy atom. The van der Waals surface area contributed by atoms with Crippen molar-refractivity contribution in [2.75, 3.05) is 5.32 Å². The first-order chi connectivity index (χ1) is 13.7. The van der Waals surface area contributed by atoms with Crippen LogP contribution in [0.1, 0.15) is 26.4 Å². The van der Waals surface area contributed by atoms with Gasteiger partial charge in [0.05, 0.1) is 17.1 Å². The van der Waals surface area contributed by atoms with E-state index in [1.807, 2.05) is 24.3 Å². The van der Waals surface area contributed by atoms with Gasteiger partial charge in [-0.05, 0) is 42.5 Å². The Morgan fingerprint density at radius 3 is 2.29 bits per heavy atom. The average molecular weight is 366 g/mol. The number of nitrogens with one attached hydrogen (secondary N) is 1. The standard InChI is InChI=1S/C22H14N4O2/c23-14-15-10-12-16(13-11-15)22(28)26-19-9-5-4-8-18(19)20(25-26)21(27)24-17-6-2-1-3-7-17/h1-13H,(H,24,27). The van der Waals surface area contributed by atoms with Crippen molar-refractivity contribution in [3.05, 3.63) is 95.7 Å². The number of para-hydroxylation sites is 2. The van der Waals surface area contributed by atoms with E-state index in [1.165, 1.54) is 4.68 Å². The number of carbonyl (C=O) groups is 2. The highest BCUT2D eigenvalue weighted by Gasteiger charge is 2.21. The SMILES string of the molecule is N#Cc1ccc(C(=O)n2nc(C(=O)Nc3ccccc3)c3ccccc32)cc1. The maximum Gasteiger partial charge on any atom is 0.278 e. The van der Waals surface area contributed by atoms with Crippen molar-refractivity contribution < 1.29 is 9.59 Å². The molecule has 134 valence electrons. The van der Waals surface area contributed by atoms with Gasteiger partial charge in [0, 0.05) is 16.6 Å². The number of fused-ring (bicyclic) bond motifs is 1. The van der Waals surface area contributed by atoms with Crippen molar-refractivity contribution in [1.82, 2.24) is 9.78 Å². The van der Waals surface area contributed by atoms with Crippen molar-refractivity contribution >= 4 is 28.4 Å². The van der Waals surface area contributed by atoms with E-state index in [0.29, 0.717) is 27.7 Å². The highest BCUT2D eigenvalue weighted by atomic mass is 16.2. The van der Waals surface area contributed by atoms with Crippen LogP contribution in [-0.4, -0.2) is 21.6 Å². The minimum Gasteiger partial charge on any atom is -0.321 e. The van der Waals surface area contributed by atoms with E-state index in [0.717, 1.165) is 0 Å². The lowest BCUT2D eigenvalue weighted by atomic mass is 10.1. The van der Waals surface area contributed by atoms with Crippen molar-refractivity contribution in [1.29, 1.82) is 5.26 Å². The molecule has 0 spiro atoms. The highest BCUT2D eigenvalue weighted by molar-refractivity contribution is 6.13. The van der Waals surface area contributed by atoms with Gasteiger partial charge < -0.3 is 5.32 Å². The average Bonchev–Trinajstić information content (AvgIpc) is 3.14. The van der Waals surface area contributed by atoms with Crippen LogP contribution in [0.5, 0.6) is 0 Å². The van der Waals surface area contributed by atoms with E-state index < -0.39 is 5.91 Å². The number of nitrogens with zero attached hydrogens (tertiary/aromatic N) is 3. The van der Waals surface area contributed by atoms with E-state index in [2.05, 4.69) is 10.4 Å². The lowest BCUT2D eigenvalue weighted by Crippen LogP contribution is -2.17. The van der Waals surface area contributed by atoms with Crippen molar-refractivity contribution in [2.24, 2.45) is 0 Å². The quantitative estimate of drug-likeness (QED) is 0.596. The molecule has 6 heteroatoms. The number of benzene rings is 3. The highest BCUT2D eigenvalue weighted by Crippen LogP contribution is 2.21. The molecule has 1 aromatic heterocycles. The molecule has 6 nitrogen and oxygen atoms in total. The fraction of sp³-hybridized carbons (Fsp3) is 0. The lowest BCUT2D eigenvalue weighted by Gasteiger charge is -2.03. The van der Waals surface area contributed by atoms with Crippen LogP contribution in [0, 0.1) is 11.3 Å². The second-order valence-corrected chi connectivity index (χ2v) is 6.09. The molecular formula is C22H14N4O2. The summed E-state index contributed by atoms with van der Waals surface area (Å²) in [5.41, 5.74) is 2.19. The number of carbonyl (C=O) groups excluding carboxylic acids is 2. The Kier molecular flexibility index (Phi) is 4.40. The summed E-state index contributed by atoms with van der Waals surface area (Å²) >= 11 is 0. The fourth-order valence-corrected chi connectivity index (χ4v) is 2.91. The molecule has 0 unspecified atom stereocenters. The molecule has 1 amide bonds. The van der Waals surface area contributed by atoms with Gasteiger partial charge >= 0.3 is 0 Å². The third kappa shape index (κ3) is 3.13. The topological polar surface area (TPSA) is 87.8 Å². The molecular weight excluding hydrogens is 352 g/mol. The van der Waals surface area contributed by atoms with Crippen LogP contribution in [0.25, 0.3) is 10.9 Å². The smallest absolute Gasteiger partial charge is 0.278 e. The molecule has 0 aliphatic rings. The number of anilines is 1. The number of hydrogen-bond donors (Lipinski definition) is 1. The van der Waals surface area contributed by atoms with E-state index in [4.69, 9.17) is 5.26 Å². The second-order valence-electron chi connectivity index (χ2n) is 6.09. The maximum absolute atomic E-state index is 12.9. The van der Waals surface area contributed by atoms with E-state index in [-0.39, 0.29) is 11.6 Å². The largest absolute Gasteiger partial charge is 0.321 e. The zero-order valence-corrected chi connectivity index (χ0v) is 14.7. The van der Waals surface area contributed by atoms with Crippen LogP contribution in [0.4, 0.5) is 5.69 Å². The Morgan fingerprint density at radius 2 is 1.57 bits per heavy atom. The molecule has 4 aromatic rings. The van der Waals surface area contributed by atoms with Crippen LogP contribution in [-0.2, 0) is 0 Å². The predicted octanol–water partition coefficient (Wildman–Crippen LogP) is 3.85. The van der Waals surface area contributed by atoms with Crippen molar-refractivity contribution in [2.45, 2.75) is 0 Å². The van der Waals surface area contributed by atoms with Crippen molar-refractivity contribution in [3.63, 3.8) is 0 Å².